The molecule has 1 aliphatic carbocycles. The molecule has 0 amide bonds. The molecule has 2 atom stereocenters. The van der Waals surface area contributed by atoms with Crippen LogP contribution in [0.25, 0.3) is 0 Å². The zero-order chi connectivity index (χ0) is 17.4. The SMILES string of the molecule is CC1=CC=CCC1(C)C(=O)[PH](=O)C(=O)c1ccc(C)c(C)c1C. The average molecular weight is 330 g/mol. The lowest BCUT2D eigenvalue weighted by Gasteiger charge is -2.29. The Morgan fingerprint density at radius 3 is 2.35 bits per heavy atom. The minimum Gasteiger partial charge on any atom is -0.310 e. The molecule has 23 heavy (non-hydrogen) atoms. The highest BCUT2D eigenvalue weighted by Gasteiger charge is 2.40. The van der Waals surface area contributed by atoms with Gasteiger partial charge in [-0.1, -0.05) is 35.9 Å². The summed E-state index contributed by atoms with van der Waals surface area (Å²) in [6.07, 6.45) is 6.11. The fraction of sp³-hybridized carbons (Fsp3) is 0.368. The normalized spacial score (nSPS) is 21.7. The molecule has 0 N–H and O–H groups in total. The molecule has 0 heterocycles. The first-order chi connectivity index (χ1) is 10.7. The monoisotopic (exact) mass is 330 g/mol. The molecule has 0 saturated carbocycles. The maximum absolute atomic E-state index is 12.7. The third-order valence-electron chi connectivity index (χ3n) is 5.09. The van der Waals surface area contributed by atoms with Gasteiger partial charge in [-0.3, -0.25) is 9.59 Å². The van der Waals surface area contributed by atoms with Gasteiger partial charge in [-0.25, -0.2) is 0 Å². The van der Waals surface area contributed by atoms with Crippen molar-refractivity contribution in [2.24, 2.45) is 5.41 Å². The molecule has 1 aromatic rings. The Morgan fingerprint density at radius 1 is 1.09 bits per heavy atom. The molecule has 0 fully saturated rings. The highest BCUT2D eigenvalue weighted by molar-refractivity contribution is 7.80. The van der Waals surface area contributed by atoms with Gasteiger partial charge in [0.1, 0.15) is 0 Å². The second kappa shape index (κ2) is 6.41. The highest BCUT2D eigenvalue weighted by atomic mass is 31.1. The van der Waals surface area contributed by atoms with Crippen molar-refractivity contribution in [1.29, 1.82) is 0 Å². The molecule has 2 rings (SSSR count). The van der Waals surface area contributed by atoms with Crippen LogP contribution in [0.4, 0.5) is 0 Å². The fourth-order valence-electron chi connectivity index (χ4n) is 2.81. The molecule has 0 spiro atoms. The van der Waals surface area contributed by atoms with Gasteiger partial charge in [-0.15, -0.1) is 0 Å². The number of hydrogen-bond donors (Lipinski definition) is 0. The van der Waals surface area contributed by atoms with Crippen LogP contribution in [-0.2, 0) is 9.36 Å². The Bertz CT molecular complexity index is 771. The van der Waals surface area contributed by atoms with E-state index in [9.17, 15) is 14.2 Å². The zero-order valence-electron chi connectivity index (χ0n) is 14.3. The van der Waals surface area contributed by atoms with Crippen LogP contribution in [-0.4, -0.2) is 11.0 Å². The summed E-state index contributed by atoms with van der Waals surface area (Å²) >= 11 is 0. The molecule has 4 heteroatoms. The lowest BCUT2D eigenvalue weighted by molar-refractivity contribution is -0.117. The van der Waals surface area contributed by atoms with Crippen LogP contribution in [0.5, 0.6) is 0 Å². The largest absolute Gasteiger partial charge is 0.310 e. The van der Waals surface area contributed by atoms with Gasteiger partial charge in [0.2, 0.25) is 18.8 Å². The minimum absolute atomic E-state index is 0.405. The van der Waals surface area contributed by atoms with Crippen molar-refractivity contribution in [1.82, 2.24) is 0 Å². The third-order valence-corrected chi connectivity index (χ3v) is 6.74. The average Bonchev–Trinajstić information content (AvgIpc) is 2.53. The lowest BCUT2D eigenvalue weighted by Crippen LogP contribution is -2.28. The van der Waals surface area contributed by atoms with Gasteiger partial charge < -0.3 is 4.57 Å². The van der Waals surface area contributed by atoms with Crippen LogP contribution < -0.4 is 0 Å². The molecule has 0 saturated heterocycles. The Labute approximate surface area is 138 Å². The van der Waals surface area contributed by atoms with Crippen molar-refractivity contribution in [2.45, 2.75) is 41.0 Å². The summed E-state index contributed by atoms with van der Waals surface area (Å²) in [7, 11) is -3.04. The summed E-state index contributed by atoms with van der Waals surface area (Å²) in [5, 5.41) is 0. The van der Waals surface area contributed by atoms with Crippen LogP contribution in [0.1, 0.15) is 47.3 Å². The molecule has 2 unspecified atom stereocenters. The van der Waals surface area contributed by atoms with Crippen molar-refractivity contribution in [3.8, 4) is 0 Å². The molecule has 0 aromatic heterocycles. The first kappa shape index (κ1) is 17.6. The Morgan fingerprint density at radius 2 is 1.74 bits per heavy atom. The maximum Gasteiger partial charge on any atom is 0.226 e. The number of carbonyl (C=O) groups is 2. The van der Waals surface area contributed by atoms with E-state index in [1.54, 1.807) is 13.0 Å². The van der Waals surface area contributed by atoms with E-state index in [0.29, 0.717) is 12.0 Å². The molecule has 1 aliphatic rings. The van der Waals surface area contributed by atoms with Crippen LogP contribution in [0, 0.1) is 26.2 Å². The standard InChI is InChI=1S/C19H23O3P/c1-12-9-10-16(15(4)14(12)3)17(20)23(22)18(21)19(5)11-7-6-8-13(19)2/h6-10,23H,11H2,1-5H3. The second-order valence-corrected chi connectivity index (χ2v) is 8.05. The van der Waals surface area contributed by atoms with E-state index in [1.807, 2.05) is 52.0 Å². The predicted molar refractivity (Wildman–Crippen MR) is 94.6 cm³/mol. The number of benzene rings is 1. The van der Waals surface area contributed by atoms with Crippen LogP contribution in [0.3, 0.4) is 0 Å². The first-order valence-corrected chi connectivity index (χ1v) is 9.15. The minimum atomic E-state index is -3.04. The summed E-state index contributed by atoms with van der Waals surface area (Å²) in [5.74, 6) is 0. The molecular weight excluding hydrogens is 307 g/mol. The van der Waals surface area contributed by atoms with Crippen molar-refractivity contribution < 1.29 is 14.2 Å². The Hall–Kier alpha value is -1.73. The molecule has 1 aromatic carbocycles. The van der Waals surface area contributed by atoms with Crippen molar-refractivity contribution in [3.05, 3.63) is 58.2 Å². The molecule has 0 bridgehead atoms. The van der Waals surface area contributed by atoms with E-state index in [1.165, 1.54) is 0 Å². The van der Waals surface area contributed by atoms with Crippen LogP contribution in [0.15, 0.2) is 35.9 Å². The highest BCUT2D eigenvalue weighted by Crippen LogP contribution is 2.45. The summed E-state index contributed by atoms with van der Waals surface area (Å²) < 4.78 is 12.7. The maximum atomic E-state index is 12.7. The third kappa shape index (κ3) is 3.03. The van der Waals surface area contributed by atoms with Crippen molar-refractivity contribution >= 4 is 18.8 Å². The van der Waals surface area contributed by atoms with Gasteiger partial charge in [0.25, 0.3) is 0 Å². The molecule has 122 valence electrons. The van der Waals surface area contributed by atoms with Gasteiger partial charge in [0.15, 0.2) is 0 Å². The van der Waals surface area contributed by atoms with E-state index in [2.05, 4.69) is 0 Å². The van der Waals surface area contributed by atoms with E-state index in [-0.39, 0.29) is 0 Å². The fourth-order valence-corrected chi connectivity index (χ4v) is 4.33. The Balaban J connectivity index is 2.36. The van der Waals surface area contributed by atoms with Crippen molar-refractivity contribution in [2.75, 3.05) is 0 Å². The quantitative estimate of drug-likeness (QED) is 0.749. The topological polar surface area (TPSA) is 51.2 Å². The van der Waals surface area contributed by atoms with E-state index >= 15 is 0 Å². The van der Waals surface area contributed by atoms with Gasteiger partial charge in [-0.2, -0.15) is 0 Å². The van der Waals surface area contributed by atoms with Crippen molar-refractivity contribution in [3.63, 3.8) is 0 Å². The number of carbonyl (C=O) groups excluding carboxylic acids is 2. The molecular formula is C19H23O3P. The number of allylic oxidation sites excluding steroid dienone is 4. The molecule has 0 aliphatic heterocycles. The summed E-state index contributed by atoms with van der Waals surface area (Å²) in [6.45, 7) is 9.36. The summed E-state index contributed by atoms with van der Waals surface area (Å²) in [4.78, 5) is 25.4. The molecule has 0 radical (unpaired) electrons. The van der Waals surface area contributed by atoms with Gasteiger partial charge in [0.05, 0.1) is 5.41 Å². The smallest absolute Gasteiger partial charge is 0.226 e. The van der Waals surface area contributed by atoms with Gasteiger partial charge in [-0.05, 0) is 57.7 Å². The first-order valence-electron chi connectivity index (χ1n) is 7.74. The summed E-state index contributed by atoms with van der Waals surface area (Å²) in [6, 6.07) is 3.52. The number of hydrogen-bond acceptors (Lipinski definition) is 3. The summed E-state index contributed by atoms with van der Waals surface area (Å²) in [5.41, 5.74) is 2.34. The number of rotatable bonds is 4. The zero-order valence-corrected chi connectivity index (χ0v) is 15.3. The number of aryl methyl sites for hydroxylation is 1. The Kier molecular flexibility index (Phi) is 4.91. The lowest BCUT2D eigenvalue weighted by atomic mass is 9.78. The van der Waals surface area contributed by atoms with Gasteiger partial charge in [0, 0.05) is 5.56 Å². The molecule has 3 nitrogen and oxygen atoms in total. The second-order valence-electron chi connectivity index (χ2n) is 6.48. The van der Waals surface area contributed by atoms with Crippen LogP contribution in [0.2, 0.25) is 0 Å². The van der Waals surface area contributed by atoms with Gasteiger partial charge >= 0.3 is 0 Å². The van der Waals surface area contributed by atoms with E-state index in [0.717, 1.165) is 22.3 Å². The van der Waals surface area contributed by atoms with E-state index < -0.39 is 24.3 Å². The predicted octanol–water partition coefficient (Wildman–Crippen LogP) is 4.75. The van der Waals surface area contributed by atoms with E-state index in [4.69, 9.17) is 0 Å². The van der Waals surface area contributed by atoms with Crippen LogP contribution >= 0.6 is 7.80 Å².